The Morgan fingerprint density at radius 2 is 2.29 bits per heavy atom. The van der Waals surface area contributed by atoms with E-state index in [9.17, 15) is 4.79 Å². The Morgan fingerprint density at radius 3 is 2.88 bits per heavy atom. The van der Waals surface area contributed by atoms with Crippen LogP contribution < -0.4 is 0 Å². The molecule has 2 rings (SSSR count). The summed E-state index contributed by atoms with van der Waals surface area (Å²) in [7, 11) is 0. The Bertz CT molecular complexity index is 419. The highest BCUT2D eigenvalue weighted by atomic mass is 35.5. The Labute approximate surface area is 111 Å². The second-order valence-corrected chi connectivity index (χ2v) is 5.96. The summed E-state index contributed by atoms with van der Waals surface area (Å²) in [6.45, 7) is 4.66. The molecular formula is C12H17ClN2OS. The largest absolute Gasteiger partial charge is 0.334 e. The van der Waals surface area contributed by atoms with Gasteiger partial charge in [0.1, 0.15) is 4.88 Å². The van der Waals surface area contributed by atoms with Crippen molar-refractivity contribution in [2.75, 3.05) is 12.4 Å². The van der Waals surface area contributed by atoms with Gasteiger partial charge in [0, 0.05) is 18.5 Å². The number of hydrogen-bond acceptors (Lipinski definition) is 3. The molecule has 0 spiro atoms. The number of hydrogen-bond donors (Lipinski definition) is 0. The van der Waals surface area contributed by atoms with Gasteiger partial charge in [-0.1, -0.05) is 0 Å². The van der Waals surface area contributed by atoms with Crippen molar-refractivity contribution in [3.05, 3.63) is 15.6 Å². The van der Waals surface area contributed by atoms with E-state index in [-0.39, 0.29) is 11.9 Å². The van der Waals surface area contributed by atoms with E-state index in [0.717, 1.165) is 35.0 Å². The van der Waals surface area contributed by atoms with Crippen molar-refractivity contribution in [3.8, 4) is 0 Å². The standard InChI is InChI=1S/C12H17ClN2OS/c1-8-11(17-9(2)14-8)12(16)15-6-4-3-5-10(15)7-13/h10H,3-7H2,1-2H3. The van der Waals surface area contributed by atoms with Gasteiger partial charge in [-0.2, -0.15) is 0 Å². The van der Waals surface area contributed by atoms with E-state index in [0.29, 0.717) is 5.88 Å². The molecule has 2 heterocycles. The number of nitrogens with zero attached hydrogens (tertiary/aromatic N) is 2. The first-order chi connectivity index (χ1) is 8.13. The second kappa shape index (κ2) is 5.36. The zero-order valence-corrected chi connectivity index (χ0v) is 11.8. The number of carbonyl (C=O) groups is 1. The Hall–Kier alpha value is -0.610. The molecule has 0 aromatic carbocycles. The Balaban J connectivity index is 2.21. The molecule has 17 heavy (non-hydrogen) atoms. The fraction of sp³-hybridized carbons (Fsp3) is 0.667. The molecule has 1 fully saturated rings. The number of piperidine rings is 1. The summed E-state index contributed by atoms with van der Waals surface area (Å²) in [5, 5.41) is 0.949. The normalized spacial score (nSPS) is 20.6. The summed E-state index contributed by atoms with van der Waals surface area (Å²) in [6, 6.07) is 0.194. The highest BCUT2D eigenvalue weighted by Gasteiger charge is 2.28. The second-order valence-electron chi connectivity index (χ2n) is 4.45. The molecule has 1 aliphatic heterocycles. The molecule has 3 nitrogen and oxygen atoms in total. The molecular weight excluding hydrogens is 256 g/mol. The van der Waals surface area contributed by atoms with Crippen LogP contribution in [0.25, 0.3) is 0 Å². The van der Waals surface area contributed by atoms with Gasteiger partial charge in [-0.25, -0.2) is 4.98 Å². The molecule has 1 saturated heterocycles. The molecule has 94 valence electrons. The van der Waals surface area contributed by atoms with Gasteiger partial charge in [0.2, 0.25) is 0 Å². The number of alkyl halides is 1. The first-order valence-corrected chi connectivity index (χ1v) is 7.29. The topological polar surface area (TPSA) is 33.2 Å². The van der Waals surface area contributed by atoms with Crippen LogP contribution in [-0.4, -0.2) is 34.3 Å². The molecule has 0 bridgehead atoms. The molecule has 1 aliphatic rings. The average molecular weight is 273 g/mol. The number of halogens is 1. The van der Waals surface area contributed by atoms with Gasteiger partial charge < -0.3 is 4.90 Å². The maximum absolute atomic E-state index is 12.4. The molecule has 0 N–H and O–H groups in total. The maximum Gasteiger partial charge on any atom is 0.266 e. The van der Waals surface area contributed by atoms with E-state index in [4.69, 9.17) is 11.6 Å². The predicted molar refractivity (Wildman–Crippen MR) is 71.0 cm³/mol. The van der Waals surface area contributed by atoms with Crippen LogP contribution in [0.1, 0.15) is 39.6 Å². The molecule has 5 heteroatoms. The highest BCUT2D eigenvalue weighted by molar-refractivity contribution is 7.13. The lowest BCUT2D eigenvalue weighted by atomic mass is 10.0. The van der Waals surface area contributed by atoms with Crippen molar-refractivity contribution in [3.63, 3.8) is 0 Å². The lowest BCUT2D eigenvalue weighted by Gasteiger charge is -2.34. The summed E-state index contributed by atoms with van der Waals surface area (Å²) >= 11 is 7.43. The number of likely N-dealkylation sites (tertiary alicyclic amines) is 1. The van der Waals surface area contributed by atoms with Crippen molar-refractivity contribution in [2.45, 2.75) is 39.2 Å². The molecule has 0 aliphatic carbocycles. The Morgan fingerprint density at radius 1 is 1.53 bits per heavy atom. The first-order valence-electron chi connectivity index (χ1n) is 5.94. The van der Waals surface area contributed by atoms with Crippen molar-refractivity contribution in [1.82, 2.24) is 9.88 Å². The van der Waals surface area contributed by atoms with Crippen molar-refractivity contribution >= 4 is 28.8 Å². The maximum atomic E-state index is 12.4. The van der Waals surface area contributed by atoms with E-state index in [1.807, 2.05) is 18.7 Å². The number of amides is 1. The molecule has 1 unspecified atom stereocenters. The minimum Gasteiger partial charge on any atom is -0.334 e. The van der Waals surface area contributed by atoms with E-state index in [1.54, 1.807) is 0 Å². The van der Waals surface area contributed by atoms with Gasteiger partial charge in [0.25, 0.3) is 5.91 Å². The van der Waals surface area contributed by atoms with Gasteiger partial charge in [0.15, 0.2) is 0 Å². The van der Waals surface area contributed by atoms with Gasteiger partial charge >= 0.3 is 0 Å². The number of aromatic nitrogens is 1. The number of carbonyl (C=O) groups excluding carboxylic acids is 1. The van der Waals surface area contributed by atoms with E-state index < -0.39 is 0 Å². The monoisotopic (exact) mass is 272 g/mol. The van der Waals surface area contributed by atoms with Crippen LogP contribution in [0.4, 0.5) is 0 Å². The molecule has 1 aromatic rings. The average Bonchev–Trinajstić information content (AvgIpc) is 2.67. The predicted octanol–water partition coefficient (Wildman–Crippen LogP) is 2.99. The van der Waals surface area contributed by atoms with Crippen LogP contribution in [0.3, 0.4) is 0 Å². The van der Waals surface area contributed by atoms with Gasteiger partial charge in [0.05, 0.1) is 10.7 Å². The van der Waals surface area contributed by atoms with Crippen LogP contribution in [-0.2, 0) is 0 Å². The summed E-state index contributed by atoms with van der Waals surface area (Å²) in [5.74, 6) is 0.640. The van der Waals surface area contributed by atoms with E-state index in [2.05, 4.69) is 4.98 Å². The minimum atomic E-state index is 0.110. The number of rotatable bonds is 2. The van der Waals surface area contributed by atoms with Crippen LogP contribution in [0, 0.1) is 13.8 Å². The van der Waals surface area contributed by atoms with E-state index >= 15 is 0 Å². The lowest BCUT2D eigenvalue weighted by Crippen LogP contribution is -2.44. The fourth-order valence-electron chi connectivity index (χ4n) is 2.29. The molecule has 0 radical (unpaired) electrons. The first kappa shape index (κ1) is 12.8. The summed E-state index contributed by atoms with van der Waals surface area (Å²) < 4.78 is 0. The zero-order valence-electron chi connectivity index (χ0n) is 10.2. The van der Waals surface area contributed by atoms with Crippen LogP contribution in [0.5, 0.6) is 0 Å². The third kappa shape index (κ3) is 2.63. The smallest absolute Gasteiger partial charge is 0.266 e. The third-order valence-electron chi connectivity index (χ3n) is 3.16. The van der Waals surface area contributed by atoms with Crippen LogP contribution in [0.15, 0.2) is 0 Å². The van der Waals surface area contributed by atoms with Gasteiger partial charge in [-0.3, -0.25) is 4.79 Å². The SMILES string of the molecule is Cc1nc(C)c(C(=O)N2CCCCC2CCl)s1. The highest BCUT2D eigenvalue weighted by Crippen LogP contribution is 2.24. The Kier molecular flexibility index (Phi) is 4.05. The van der Waals surface area contributed by atoms with Crippen molar-refractivity contribution < 1.29 is 4.79 Å². The zero-order chi connectivity index (χ0) is 12.4. The molecule has 1 atom stereocenters. The van der Waals surface area contributed by atoms with E-state index in [1.165, 1.54) is 17.8 Å². The van der Waals surface area contributed by atoms with Crippen LogP contribution >= 0.6 is 22.9 Å². The van der Waals surface area contributed by atoms with Crippen molar-refractivity contribution in [2.24, 2.45) is 0 Å². The van der Waals surface area contributed by atoms with Crippen LogP contribution in [0.2, 0.25) is 0 Å². The lowest BCUT2D eigenvalue weighted by molar-refractivity contribution is 0.0643. The van der Waals surface area contributed by atoms with Gasteiger partial charge in [-0.15, -0.1) is 22.9 Å². The quantitative estimate of drug-likeness (QED) is 0.776. The molecule has 1 aromatic heterocycles. The summed E-state index contributed by atoms with van der Waals surface area (Å²) in [5.41, 5.74) is 0.844. The molecule has 0 saturated carbocycles. The van der Waals surface area contributed by atoms with Gasteiger partial charge in [-0.05, 0) is 33.1 Å². The number of aryl methyl sites for hydroxylation is 2. The minimum absolute atomic E-state index is 0.110. The fourth-order valence-corrected chi connectivity index (χ4v) is 3.49. The summed E-state index contributed by atoms with van der Waals surface area (Å²) in [4.78, 5) is 19.5. The third-order valence-corrected chi connectivity index (χ3v) is 4.58. The summed E-state index contributed by atoms with van der Waals surface area (Å²) in [6.07, 6.45) is 3.27. The number of thiazole rings is 1. The molecule has 1 amide bonds. The van der Waals surface area contributed by atoms with Crippen molar-refractivity contribution in [1.29, 1.82) is 0 Å².